The van der Waals surface area contributed by atoms with Gasteiger partial charge in [-0.3, -0.25) is 9.59 Å². The molecule has 1 amide bonds. The van der Waals surface area contributed by atoms with Crippen molar-refractivity contribution in [3.05, 3.63) is 23.8 Å². The number of ether oxygens (including phenoxy) is 1. The number of thiocyanates is 1. The third-order valence-electron chi connectivity index (χ3n) is 2.45. The number of benzene rings is 1. The highest BCUT2D eigenvalue weighted by Crippen LogP contribution is 2.23. The number of thioether (sulfide) groups is 1. The molecule has 0 saturated heterocycles. The lowest BCUT2D eigenvalue weighted by Gasteiger charge is -2.10. The van der Waals surface area contributed by atoms with Crippen molar-refractivity contribution in [3.63, 3.8) is 0 Å². The van der Waals surface area contributed by atoms with Crippen LogP contribution in [0.15, 0.2) is 23.1 Å². The molecule has 0 saturated carbocycles. The summed E-state index contributed by atoms with van der Waals surface area (Å²) >= 11 is 1.06. The van der Waals surface area contributed by atoms with Crippen molar-refractivity contribution in [3.8, 4) is 5.40 Å². The van der Waals surface area contributed by atoms with Crippen LogP contribution < -0.4 is 5.32 Å². The molecule has 1 rings (SSSR count). The van der Waals surface area contributed by atoms with Crippen molar-refractivity contribution in [2.75, 3.05) is 11.9 Å². The summed E-state index contributed by atoms with van der Waals surface area (Å²) in [6.45, 7) is 4.94. The summed E-state index contributed by atoms with van der Waals surface area (Å²) in [5, 5.41) is 13.2. The number of hydrogen-bond donors (Lipinski definition) is 1. The topological polar surface area (TPSA) is 79.2 Å². The van der Waals surface area contributed by atoms with E-state index in [1.54, 1.807) is 26.0 Å². The summed E-state index contributed by atoms with van der Waals surface area (Å²) in [5.74, 6) is -1.05. The third kappa shape index (κ3) is 4.94. The first-order chi connectivity index (χ1) is 9.43. The van der Waals surface area contributed by atoms with Crippen LogP contribution in [0.4, 0.5) is 5.69 Å². The van der Waals surface area contributed by atoms with Gasteiger partial charge >= 0.3 is 5.97 Å². The highest BCUT2D eigenvalue weighted by Gasteiger charge is 2.12. The molecule has 106 valence electrons. The lowest BCUT2D eigenvalue weighted by atomic mass is 10.2. The maximum absolute atomic E-state index is 11.7. The van der Waals surface area contributed by atoms with Crippen LogP contribution in [0.25, 0.3) is 0 Å². The first kappa shape index (κ1) is 16.1. The number of carbonyl (C=O) groups is 2. The van der Waals surface area contributed by atoms with E-state index in [1.165, 1.54) is 0 Å². The molecule has 0 heterocycles. The van der Waals surface area contributed by atoms with E-state index in [9.17, 15) is 9.59 Å². The van der Waals surface area contributed by atoms with Gasteiger partial charge in [-0.2, -0.15) is 5.26 Å². The molecule has 0 aliphatic rings. The van der Waals surface area contributed by atoms with E-state index in [-0.39, 0.29) is 18.4 Å². The minimum atomic E-state index is -0.405. The molecule has 6 heteroatoms. The molecule has 0 atom stereocenters. The zero-order chi connectivity index (χ0) is 15.1. The molecule has 1 N–H and O–H groups in total. The monoisotopic (exact) mass is 292 g/mol. The van der Waals surface area contributed by atoms with Gasteiger partial charge in [-0.05, 0) is 42.4 Å². The average Bonchev–Trinajstić information content (AvgIpc) is 2.39. The molecule has 0 unspecified atom stereocenters. The number of hydrogen-bond acceptors (Lipinski definition) is 5. The Hall–Kier alpha value is -2.00. The number of carbonyl (C=O) groups excluding carboxylic acids is 2. The fraction of sp³-hybridized carbons (Fsp3) is 0.357. The van der Waals surface area contributed by atoms with Gasteiger partial charge in [0.2, 0.25) is 0 Å². The molecular weight excluding hydrogens is 276 g/mol. The summed E-state index contributed by atoms with van der Waals surface area (Å²) in [5.41, 5.74) is 1.48. The van der Waals surface area contributed by atoms with Gasteiger partial charge < -0.3 is 10.1 Å². The number of nitriles is 1. The van der Waals surface area contributed by atoms with Crippen molar-refractivity contribution >= 4 is 29.3 Å². The molecule has 0 radical (unpaired) electrons. The van der Waals surface area contributed by atoms with Crippen LogP contribution in [0.3, 0.4) is 0 Å². The first-order valence-electron chi connectivity index (χ1n) is 6.07. The normalized spacial score (nSPS) is 9.95. The zero-order valence-corrected chi connectivity index (χ0v) is 12.4. The quantitative estimate of drug-likeness (QED) is 0.513. The Morgan fingerprint density at radius 3 is 2.70 bits per heavy atom. The van der Waals surface area contributed by atoms with Gasteiger partial charge in [0.25, 0.3) is 5.91 Å². The molecular formula is C14H16N2O3S. The molecule has 0 fully saturated rings. The number of amides is 1. The van der Waals surface area contributed by atoms with E-state index in [2.05, 4.69) is 5.32 Å². The van der Waals surface area contributed by atoms with Gasteiger partial charge in [0.05, 0.1) is 5.92 Å². The zero-order valence-electron chi connectivity index (χ0n) is 11.6. The summed E-state index contributed by atoms with van der Waals surface area (Å²) in [6.07, 6.45) is 0. The second-order valence-corrected chi connectivity index (χ2v) is 5.34. The number of esters is 1. The fourth-order valence-corrected chi connectivity index (χ4v) is 1.86. The van der Waals surface area contributed by atoms with Gasteiger partial charge in [-0.15, -0.1) is 0 Å². The van der Waals surface area contributed by atoms with Crippen LogP contribution in [0.1, 0.15) is 19.4 Å². The molecule has 0 aliphatic carbocycles. The Morgan fingerprint density at radius 1 is 1.45 bits per heavy atom. The lowest BCUT2D eigenvalue weighted by molar-refractivity contribution is -0.150. The predicted octanol–water partition coefficient (Wildman–Crippen LogP) is 2.71. The molecule has 1 aromatic carbocycles. The van der Waals surface area contributed by atoms with Crippen LogP contribution >= 0.6 is 11.8 Å². The van der Waals surface area contributed by atoms with Crippen LogP contribution in [0, 0.1) is 23.5 Å². The van der Waals surface area contributed by atoms with Gasteiger partial charge in [0.15, 0.2) is 6.61 Å². The standard InChI is InChI=1S/C14H16N2O3S/c1-9(2)14(18)19-7-13(17)16-12-5-4-11(20-8-15)6-10(12)3/h4-6,9H,7H2,1-3H3,(H,16,17). The molecule has 1 aromatic rings. The van der Waals surface area contributed by atoms with E-state index in [0.717, 1.165) is 22.2 Å². The molecule has 0 bridgehead atoms. The Morgan fingerprint density at radius 2 is 2.15 bits per heavy atom. The second kappa shape index (κ2) is 7.56. The lowest BCUT2D eigenvalue weighted by Crippen LogP contribution is -2.23. The van der Waals surface area contributed by atoms with Crippen LogP contribution in [0.5, 0.6) is 0 Å². The van der Waals surface area contributed by atoms with E-state index in [4.69, 9.17) is 10.00 Å². The Kier molecular flexibility index (Phi) is 6.07. The van der Waals surface area contributed by atoms with Gasteiger partial charge in [0.1, 0.15) is 5.40 Å². The number of rotatable bonds is 5. The predicted molar refractivity (Wildman–Crippen MR) is 77.1 cm³/mol. The summed E-state index contributed by atoms with van der Waals surface area (Å²) in [7, 11) is 0. The van der Waals surface area contributed by atoms with Crippen molar-refractivity contribution in [1.29, 1.82) is 5.26 Å². The Bertz CT molecular complexity index is 550. The van der Waals surface area contributed by atoms with E-state index in [0.29, 0.717) is 5.69 Å². The van der Waals surface area contributed by atoms with Gasteiger partial charge in [0, 0.05) is 10.6 Å². The van der Waals surface area contributed by atoms with Crippen molar-refractivity contribution in [2.45, 2.75) is 25.7 Å². The smallest absolute Gasteiger partial charge is 0.308 e. The Labute approximate surface area is 122 Å². The molecule has 5 nitrogen and oxygen atoms in total. The van der Waals surface area contributed by atoms with Crippen LogP contribution in [-0.2, 0) is 14.3 Å². The van der Waals surface area contributed by atoms with Crippen LogP contribution in [0.2, 0.25) is 0 Å². The van der Waals surface area contributed by atoms with Crippen molar-refractivity contribution < 1.29 is 14.3 Å². The average molecular weight is 292 g/mol. The van der Waals surface area contributed by atoms with Crippen LogP contribution in [-0.4, -0.2) is 18.5 Å². The first-order valence-corrected chi connectivity index (χ1v) is 6.88. The number of aryl methyl sites for hydroxylation is 1. The maximum atomic E-state index is 11.7. The van der Waals surface area contributed by atoms with E-state index < -0.39 is 5.97 Å². The number of nitrogens with zero attached hydrogens (tertiary/aromatic N) is 1. The molecule has 20 heavy (non-hydrogen) atoms. The van der Waals surface area contributed by atoms with Gasteiger partial charge in [-0.1, -0.05) is 13.8 Å². The van der Waals surface area contributed by atoms with E-state index >= 15 is 0 Å². The maximum Gasteiger partial charge on any atom is 0.308 e. The highest BCUT2D eigenvalue weighted by molar-refractivity contribution is 8.03. The molecule has 0 aromatic heterocycles. The second-order valence-electron chi connectivity index (χ2n) is 4.48. The summed E-state index contributed by atoms with van der Waals surface area (Å²) < 4.78 is 4.84. The fourth-order valence-electron chi connectivity index (χ4n) is 1.38. The summed E-state index contributed by atoms with van der Waals surface area (Å²) in [4.78, 5) is 23.7. The number of anilines is 1. The minimum Gasteiger partial charge on any atom is -0.455 e. The SMILES string of the molecule is Cc1cc(SC#N)ccc1NC(=O)COC(=O)C(C)C. The summed E-state index contributed by atoms with van der Waals surface area (Å²) in [6, 6.07) is 5.28. The molecule has 0 spiro atoms. The number of nitrogens with one attached hydrogen (secondary N) is 1. The Balaban J connectivity index is 2.58. The van der Waals surface area contributed by atoms with Gasteiger partial charge in [-0.25, -0.2) is 0 Å². The van der Waals surface area contributed by atoms with Crippen molar-refractivity contribution in [2.24, 2.45) is 5.92 Å². The minimum absolute atomic E-state index is 0.258. The van der Waals surface area contributed by atoms with E-state index in [1.807, 2.05) is 18.4 Å². The van der Waals surface area contributed by atoms with Crippen molar-refractivity contribution in [1.82, 2.24) is 0 Å². The third-order valence-corrected chi connectivity index (χ3v) is 3.03. The largest absolute Gasteiger partial charge is 0.455 e. The highest BCUT2D eigenvalue weighted by atomic mass is 32.2. The molecule has 0 aliphatic heterocycles.